The standard InChI is InChI=1S/C16H17NO4/c1-10-11(14(19)20)5-4-6-12(10)17-13(18)9-16(15(17)21)7-2-3-8-16/h4-6H,2-3,7-9H2,1H3,(H,19,20). The fourth-order valence-corrected chi connectivity index (χ4v) is 3.58. The van der Waals surface area contributed by atoms with E-state index < -0.39 is 11.4 Å². The van der Waals surface area contributed by atoms with E-state index in [9.17, 15) is 19.5 Å². The number of imide groups is 1. The molecule has 3 rings (SSSR count). The van der Waals surface area contributed by atoms with Gasteiger partial charge < -0.3 is 5.11 Å². The number of carbonyl (C=O) groups excluding carboxylic acids is 2. The van der Waals surface area contributed by atoms with Gasteiger partial charge >= 0.3 is 5.97 Å². The lowest BCUT2D eigenvalue weighted by Crippen LogP contribution is -2.35. The highest BCUT2D eigenvalue weighted by Gasteiger charge is 2.53. The Morgan fingerprint density at radius 2 is 1.90 bits per heavy atom. The lowest BCUT2D eigenvalue weighted by molar-refractivity contribution is -0.125. The number of carboxylic acids is 1. The minimum Gasteiger partial charge on any atom is -0.478 e. The smallest absolute Gasteiger partial charge is 0.336 e. The van der Waals surface area contributed by atoms with Crippen molar-refractivity contribution in [1.82, 2.24) is 0 Å². The number of amides is 2. The third-order valence-corrected chi connectivity index (χ3v) is 4.73. The summed E-state index contributed by atoms with van der Waals surface area (Å²) in [6.07, 6.45) is 3.71. The molecule has 0 atom stereocenters. The van der Waals surface area contributed by atoms with E-state index in [4.69, 9.17) is 0 Å². The molecular formula is C16H17NO4. The summed E-state index contributed by atoms with van der Waals surface area (Å²) < 4.78 is 0. The van der Waals surface area contributed by atoms with Crippen molar-refractivity contribution in [1.29, 1.82) is 0 Å². The van der Waals surface area contributed by atoms with E-state index in [1.54, 1.807) is 19.1 Å². The van der Waals surface area contributed by atoms with Crippen LogP contribution in [-0.2, 0) is 9.59 Å². The molecule has 0 bridgehead atoms. The fourth-order valence-electron chi connectivity index (χ4n) is 3.58. The number of nitrogens with zero attached hydrogens (tertiary/aromatic N) is 1. The first-order valence-electron chi connectivity index (χ1n) is 7.17. The molecule has 1 spiro atoms. The van der Waals surface area contributed by atoms with Crippen molar-refractivity contribution in [3.05, 3.63) is 29.3 Å². The Bertz CT molecular complexity index is 644. The van der Waals surface area contributed by atoms with Gasteiger partial charge in [0.1, 0.15) is 0 Å². The second-order valence-electron chi connectivity index (χ2n) is 5.95. The molecule has 1 saturated carbocycles. The van der Waals surface area contributed by atoms with Gasteiger partial charge in [-0.15, -0.1) is 0 Å². The molecule has 0 unspecified atom stereocenters. The highest BCUT2D eigenvalue weighted by atomic mass is 16.4. The number of benzene rings is 1. The molecule has 1 aromatic carbocycles. The van der Waals surface area contributed by atoms with Crippen molar-refractivity contribution in [2.24, 2.45) is 5.41 Å². The van der Waals surface area contributed by atoms with Gasteiger partial charge in [0.2, 0.25) is 11.8 Å². The minimum absolute atomic E-state index is 0.125. The Balaban J connectivity index is 2.05. The first-order valence-corrected chi connectivity index (χ1v) is 7.17. The van der Waals surface area contributed by atoms with E-state index in [2.05, 4.69) is 0 Å². The van der Waals surface area contributed by atoms with Gasteiger partial charge in [-0.2, -0.15) is 0 Å². The molecular weight excluding hydrogens is 270 g/mol. The van der Waals surface area contributed by atoms with Crippen LogP contribution >= 0.6 is 0 Å². The maximum absolute atomic E-state index is 12.7. The van der Waals surface area contributed by atoms with Gasteiger partial charge in [-0.05, 0) is 37.5 Å². The number of hydrogen-bond acceptors (Lipinski definition) is 3. The number of rotatable bonds is 2. The SMILES string of the molecule is Cc1c(C(=O)O)cccc1N1C(=O)CC2(CCCC2)C1=O. The van der Waals surface area contributed by atoms with Crippen LogP contribution in [0.2, 0.25) is 0 Å². The average molecular weight is 287 g/mol. The van der Waals surface area contributed by atoms with Gasteiger partial charge in [-0.25, -0.2) is 9.69 Å². The summed E-state index contributed by atoms with van der Waals surface area (Å²) in [5.74, 6) is -1.42. The first kappa shape index (κ1) is 13.8. The molecule has 2 fully saturated rings. The molecule has 1 aromatic rings. The summed E-state index contributed by atoms with van der Waals surface area (Å²) in [6, 6.07) is 4.70. The van der Waals surface area contributed by atoms with Gasteiger partial charge in [0.05, 0.1) is 16.7 Å². The summed E-state index contributed by atoms with van der Waals surface area (Å²) in [6.45, 7) is 1.64. The van der Waals surface area contributed by atoms with E-state index in [1.165, 1.54) is 11.0 Å². The van der Waals surface area contributed by atoms with Crippen LogP contribution in [0.4, 0.5) is 5.69 Å². The monoisotopic (exact) mass is 287 g/mol. The molecule has 1 heterocycles. The summed E-state index contributed by atoms with van der Waals surface area (Å²) in [5, 5.41) is 9.18. The first-order chi connectivity index (χ1) is 9.96. The molecule has 1 N–H and O–H groups in total. The molecule has 5 heteroatoms. The molecule has 0 aromatic heterocycles. The van der Waals surface area contributed by atoms with Crippen LogP contribution < -0.4 is 4.90 Å². The number of anilines is 1. The van der Waals surface area contributed by atoms with Crippen LogP contribution in [0.3, 0.4) is 0 Å². The average Bonchev–Trinajstić information content (AvgIpc) is 2.98. The van der Waals surface area contributed by atoms with Gasteiger partial charge in [0, 0.05) is 6.42 Å². The maximum Gasteiger partial charge on any atom is 0.336 e. The predicted molar refractivity (Wildman–Crippen MR) is 76.1 cm³/mol. The highest BCUT2D eigenvalue weighted by molar-refractivity contribution is 6.23. The number of carbonyl (C=O) groups is 3. The molecule has 21 heavy (non-hydrogen) atoms. The van der Waals surface area contributed by atoms with Gasteiger partial charge in [-0.1, -0.05) is 18.9 Å². The van der Waals surface area contributed by atoms with Crippen LogP contribution in [0.25, 0.3) is 0 Å². The van der Waals surface area contributed by atoms with Gasteiger partial charge in [0.25, 0.3) is 0 Å². The fraction of sp³-hybridized carbons (Fsp3) is 0.438. The summed E-state index contributed by atoms with van der Waals surface area (Å²) in [7, 11) is 0. The third-order valence-electron chi connectivity index (χ3n) is 4.73. The normalized spacial score (nSPS) is 20.5. The molecule has 1 aliphatic carbocycles. The largest absolute Gasteiger partial charge is 0.478 e. The maximum atomic E-state index is 12.7. The zero-order valence-electron chi connectivity index (χ0n) is 11.9. The molecule has 110 valence electrons. The van der Waals surface area contributed by atoms with E-state index in [-0.39, 0.29) is 23.8 Å². The van der Waals surface area contributed by atoms with Crippen molar-refractivity contribution in [3.8, 4) is 0 Å². The van der Waals surface area contributed by atoms with Crippen molar-refractivity contribution in [2.75, 3.05) is 4.90 Å². The Morgan fingerprint density at radius 1 is 1.24 bits per heavy atom. The van der Waals surface area contributed by atoms with Crippen molar-refractivity contribution >= 4 is 23.5 Å². The van der Waals surface area contributed by atoms with E-state index in [1.807, 2.05) is 0 Å². The number of carboxylic acid groups (broad SMARTS) is 1. The van der Waals surface area contributed by atoms with E-state index in [0.29, 0.717) is 11.3 Å². The van der Waals surface area contributed by atoms with Gasteiger partial charge in [-0.3, -0.25) is 9.59 Å². The molecule has 0 radical (unpaired) electrons. The topological polar surface area (TPSA) is 74.7 Å². The lowest BCUT2D eigenvalue weighted by Gasteiger charge is -2.22. The predicted octanol–water partition coefficient (Wildman–Crippen LogP) is 2.52. The number of hydrogen-bond donors (Lipinski definition) is 1. The molecule has 1 aliphatic heterocycles. The van der Waals surface area contributed by atoms with Crippen LogP contribution in [0, 0.1) is 12.3 Å². The van der Waals surface area contributed by atoms with E-state index >= 15 is 0 Å². The summed E-state index contributed by atoms with van der Waals surface area (Å²) in [5.41, 5.74) is 0.457. The zero-order valence-corrected chi connectivity index (χ0v) is 11.9. The summed E-state index contributed by atoms with van der Waals surface area (Å²) >= 11 is 0. The Kier molecular flexibility index (Phi) is 3.08. The number of aromatic carboxylic acids is 1. The van der Waals surface area contributed by atoms with Crippen LogP contribution in [0.15, 0.2) is 18.2 Å². The molecule has 2 amide bonds. The zero-order chi connectivity index (χ0) is 15.2. The van der Waals surface area contributed by atoms with Gasteiger partial charge in [0.15, 0.2) is 0 Å². The Morgan fingerprint density at radius 3 is 2.52 bits per heavy atom. The summed E-state index contributed by atoms with van der Waals surface area (Å²) in [4.78, 5) is 37.5. The molecule has 5 nitrogen and oxygen atoms in total. The van der Waals surface area contributed by atoms with Crippen molar-refractivity contribution in [2.45, 2.75) is 39.0 Å². The van der Waals surface area contributed by atoms with Crippen molar-refractivity contribution in [3.63, 3.8) is 0 Å². The second-order valence-corrected chi connectivity index (χ2v) is 5.95. The van der Waals surface area contributed by atoms with Crippen LogP contribution in [0.5, 0.6) is 0 Å². The highest BCUT2D eigenvalue weighted by Crippen LogP contribution is 2.48. The second kappa shape index (κ2) is 4.69. The Labute approximate surface area is 122 Å². The Hall–Kier alpha value is -2.17. The molecule has 2 aliphatic rings. The third kappa shape index (κ3) is 1.95. The lowest BCUT2D eigenvalue weighted by atomic mass is 9.84. The van der Waals surface area contributed by atoms with Crippen LogP contribution in [0.1, 0.15) is 48.0 Å². The van der Waals surface area contributed by atoms with E-state index in [0.717, 1.165) is 25.7 Å². The van der Waals surface area contributed by atoms with Crippen molar-refractivity contribution < 1.29 is 19.5 Å². The molecule has 1 saturated heterocycles. The minimum atomic E-state index is -1.05. The quantitative estimate of drug-likeness (QED) is 0.848. The van der Waals surface area contributed by atoms with Crippen LogP contribution in [-0.4, -0.2) is 22.9 Å².